The van der Waals surface area contributed by atoms with Crippen LogP contribution in [-0.2, 0) is 0 Å². The number of benzene rings is 2. The second-order valence-corrected chi connectivity index (χ2v) is 7.49. The van der Waals surface area contributed by atoms with Gasteiger partial charge in [-0.3, -0.25) is 10.1 Å². The summed E-state index contributed by atoms with van der Waals surface area (Å²) in [5, 5.41) is 27.9. The Hall–Kier alpha value is -2.82. The lowest BCUT2D eigenvalue weighted by atomic mass is 10.3. The molecule has 0 aliphatic rings. The van der Waals surface area contributed by atoms with Crippen molar-refractivity contribution in [3.05, 3.63) is 79.1 Å². The third-order valence-corrected chi connectivity index (χ3v) is 5.15. The molecule has 0 fully saturated rings. The molecular formula is C16H8BrCl2N7O2. The van der Waals surface area contributed by atoms with E-state index in [2.05, 4.69) is 36.6 Å². The summed E-state index contributed by atoms with van der Waals surface area (Å²) in [6, 6.07) is 14.0. The van der Waals surface area contributed by atoms with Crippen LogP contribution in [0.5, 0.6) is 0 Å². The molecule has 0 atom stereocenters. The van der Waals surface area contributed by atoms with Crippen molar-refractivity contribution < 1.29 is 4.92 Å². The Morgan fingerprint density at radius 3 is 1.82 bits per heavy atom. The Morgan fingerprint density at radius 1 is 0.929 bits per heavy atom. The number of hydrogen-bond acceptors (Lipinski definition) is 6. The molecule has 9 nitrogen and oxygen atoms in total. The van der Waals surface area contributed by atoms with Crippen LogP contribution in [0.2, 0.25) is 0 Å². The Labute approximate surface area is 175 Å². The van der Waals surface area contributed by atoms with Crippen molar-refractivity contribution >= 4 is 61.2 Å². The second kappa shape index (κ2) is 7.30. The van der Waals surface area contributed by atoms with Gasteiger partial charge < -0.3 is 0 Å². The highest BCUT2D eigenvalue weighted by Crippen LogP contribution is 2.30. The van der Waals surface area contributed by atoms with Crippen LogP contribution in [0.25, 0.3) is 22.1 Å². The highest BCUT2D eigenvalue weighted by molar-refractivity contribution is 9.12. The lowest BCUT2D eigenvalue weighted by Gasteiger charge is -2.10. The van der Waals surface area contributed by atoms with Gasteiger partial charge in [0.2, 0.25) is 5.82 Å². The van der Waals surface area contributed by atoms with E-state index < -0.39 is 10.6 Å². The lowest BCUT2D eigenvalue weighted by molar-refractivity contribution is -0.422. The van der Waals surface area contributed by atoms with E-state index in [1.54, 1.807) is 48.5 Å². The minimum atomic E-state index is -0.659. The van der Waals surface area contributed by atoms with Gasteiger partial charge in [-0.1, -0.05) is 57.9 Å². The molecule has 2 aromatic heterocycles. The SMILES string of the molecule is O=[N+]([O-])C(=C(n1nnc2ccccc21)n1nnc2ccccc21)/C(Cl)=C(/Cl)Br. The van der Waals surface area contributed by atoms with E-state index in [9.17, 15) is 10.1 Å². The van der Waals surface area contributed by atoms with Crippen LogP contribution in [-0.4, -0.2) is 34.9 Å². The van der Waals surface area contributed by atoms with Crippen LogP contribution in [0.15, 0.2) is 63.2 Å². The molecule has 0 radical (unpaired) electrons. The molecule has 140 valence electrons. The number of fused-ring (bicyclic) bond motifs is 2. The Bertz CT molecular complexity index is 1210. The van der Waals surface area contributed by atoms with E-state index in [1.165, 1.54) is 9.36 Å². The van der Waals surface area contributed by atoms with E-state index in [4.69, 9.17) is 23.2 Å². The molecule has 0 N–H and O–H groups in total. The van der Waals surface area contributed by atoms with Crippen molar-refractivity contribution in [2.24, 2.45) is 0 Å². The number of halogens is 3. The molecule has 0 bridgehead atoms. The molecule has 0 amide bonds. The molecule has 4 rings (SSSR count). The number of nitro groups is 1. The fourth-order valence-corrected chi connectivity index (χ4v) is 3.12. The first-order chi connectivity index (χ1) is 13.5. The van der Waals surface area contributed by atoms with Gasteiger partial charge in [0.15, 0.2) is 0 Å². The highest BCUT2D eigenvalue weighted by Gasteiger charge is 2.31. The van der Waals surface area contributed by atoms with Gasteiger partial charge in [-0.15, -0.1) is 10.2 Å². The summed E-state index contributed by atoms with van der Waals surface area (Å²) >= 11 is 15.1. The zero-order valence-electron chi connectivity index (χ0n) is 13.7. The van der Waals surface area contributed by atoms with Gasteiger partial charge in [-0.25, -0.2) is 0 Å². The molecule has 28 heavy (non-hydrogen) atoms. The van der Waals surface area contributed by atoms with Crippen molar-refractivity contribution in [2.45, 2.75) is 0 Å². The monoisotopic (exact) mass is 479 g/mol. The van der Waals surface area contributed by atoms with Gasteiger partial charge >= 0.3 is 5.70 Å². The van der Waals surface area contributed by atoms with E-state index in [0.717, 1.165) is 0 Å². The van der Waals surface area contributed by atoms with Crippen LogP contribution in [0.4, 0.5) is 0 Å². The van der Waals surface area contributed by atoms with Gasteiger partial charge in [0, 0.05) is 0 Å². The quantitative estimate of drug-likeness (QED) is 0.248. The van der Waals surface area contributed by atoms with E-state index in [-0.39, 0.29) is 14.8 Å². The number of aromatic nitrogens is 6. The van der Waals surface area contributed by atoms with Crippen LogP contribution in [0.1, 0.15) is 0 Å². The second-order valence-electron chi connectivity index (χ2n) is 5.48. The summed E-state index contributed by atoms with van der Waals surface area (Å²) < 4.78 is 2.43. The standard InChI is InChI=1S/C16H8BrCl2N7O2/c17-15(19)13(18)14(26(27)28)16(24-11-7-3-1-5-9(11)20-22-24)25-12-8-4-2-6-10(12)21-23-25/h1-8H/b15-13-. The van der Waals surface area contributed by atoms with Crippen LogP contribution >= 0.6 is 39.1 Å². The zero-order valence-corrected chi connectivity index (χ0v) is 16.8. The molecule has 4 aromatic rings. The Morgan fingerprint density at radius 2 is 1.39 bits per heavy atom. The number of hydrogen-bond donors (Lipinski definition) is 0. The molecular weight excluding hydrogens is 473 g/mol. The van der Waals surface area contributed by atoms with Crippen molar-refractivity contribution in [1.82, 2.24) is 30.0 Å². The van der Waals surface area contributed by atoms with E-state index in [1.807, 2.05) is 0 Å². The summed E-state index contributed by atoms with van der Waals surface area (Å²) in [5.41, 5.74) is 1.60. The largest absolute Gasteiger partial charge is 0.334 e. The molecule has 0 aliphatic carbocycles. The average molecular weight is 481 g/mol. The molecule has 0 saturated heterocycles. The summed E-state index contributed by atoms with van der Waals surface area (Å²) in [6.07, 6.45) is 0. The van der Waals surface area contributed by atoms with E-state index in [0.29, 0.717) is 22.1 Å². The first-order valence-corrected chi connectivity index (χ1v) is 9.25. The minimum absolute atomic E-state index is 0.0741. The number of allylic oxidation sites excluding steroid dienone is 1. The molecule has 12 heteroatoms. The first kappa shape index (κ1) is 18.5. The lowest BCUT2D eigenvalue weighted by Crippen LogP contribution is -2.21. The number of nitrogens with zero attached hydrogens (tertiary/aromatic N) is 7. The summed E-state index contributed by atoms with van der Waals surface area (Å²) in [5.74, 6) is -0.0741. The summed E-state index contributed by atoms with van der Waals surface area (Å²) in [4.78, 5) is 11.3. The Balaban J connectivity index is 2.17. The van der Waals surface area contributed by atoms with Gasteiger partial charge in [0.1, 0.15) is 20.0 Å². The summed E-state index contributed by atoms with van der Waals surface area (Å²) in [7, 11) is 0. The first-order valence-electron chi connectivity index (χ1n) is 7.70. The smallest absolute Gasteiger partial charge is 0.258 e. The predicted octanol–water partition coefficient (Wildman–Crippen LogP) is 3.99. The maximum Gasteiger partial charge on any atom is 0.334 e. The van der Waals surface area contributed by atoms with Gasteiger partial charge in [0.05, 0.1) is 16.0 Å². The molecule has 0 saturated carbocycles. The average Bonchev–Trinajstić information content (AvgIpc) is 3.30. The predicted molar refractivity (Wildman–Crippen MR) is 107 cm³/mol. The van der Waals surface area contributed by atoms with Crippen molar-refractivity contribution in [3.63, 3.8) is 0 Å². The number of para-hydroxylation sites is 2. The van der Waals surface area contributed by atoms with Gasteiger partial charge in [-0.05, 0) is 40.2 Å². The van der Waals surface area contributed by atoms with Crippen molar-refractivity contribution in [2.75, 3.05) is 0 Å². The fourth-order valence-electron chi connectivity index (χ4n) is 2.69. The minimum Gasteiger partial charge on any atom is -0.258 e. The van der Waals surface area contributed by atoms with Crippen molar-refractivity contribution in [1.29, 1.82) is 0 Å². The van der Waals surface area contributed by atoms with Gasteiger partial charge in [-0.2, -0.15) is 9.36 Å². The molecule has 0 aliphatic heterocycles. The third kappa shape index (κ3) is 3.05. The third-order valence-electron chi connectivity index (χ3n) is 3.87. The zero-order chi connectivity index (χ0) is 19.8. The fraction of sp³-hybridized carbons (Fsp3) is 0. The molecule has 0 unspecified atom stereocenters. The maximum atomic E-state index is 12.0. The molecule has 0 spiro atoms. The topological polar surface area (TPSA) is 105 Å². The van der Waals surface area contributed by atoms with Gasteiger partial charge in [0.25, 0.3) is 0 Å². The van der Waals surface area contributed by atoms with Crippen LogP contribution < -0.4 is 0 Å². The molecule has 2 aromatic carbocycles. The summed E-state index contributed by atoms with van der Waals surface area (Å²) in [6.45, 7) is 0. The van der Waals surface area contributed by atoms with E-state index >= 15 is 0 Å². The number of rotatable bonds is 4. The molecule has 2 heterocycles. The van der Waals surface area contributed by atoms with Crippen LogP contribution in [0.3, 0.4) is 0 Å². The van der Waals surface area contributed by atoms with Crippen molar-refractivity contribution in [3.8, 4) is 0 Å². The van der Waals surface area contributed by atoms with Crippen LogP contribution in [0, 0.1) is 15.9 Å². The Kier molecular flexibility index (Phi) is 4.84. The highest BCUT2D eigenvalue weighted by atomic mass is 79.9. The maximum absolute atomic E-state index is 12.0. The normalized spacial score (nSPS) is 12.2.